The molecule has 5 rings (SSSR count). The number of aryl methyl sites for hydroxylation is 1. The fraction of sp³-hybridized carbons (Fsp3) is 0.320. The average molecular weight is 470 g/mol. The van der Waals surface area contributed by atoms with Gasteiger partial charge in [0.2, 0.25) is 0 Å². The molecule has 178 valence electrons. The first-order valence-corrected chi connectivity index (χ1v) is 11.5. The molecule has 0 saturated carbocycles. The topological polar surface area (TPSA) is 97.0 Å². The molecule has 0 aliphatic carbocycles. The average Bonchev–Trinajstić information content (AvgIpc) is 3.35. The summed E-state index contributed by atoms with van der Waals surface area (Å²) in [6, 6.07) is 11.0. The summed E-state index contributed by atoms with van der Waals surface area (Å²) in [7, 11) is 1.33. The fourth-order valence-electron chi connectivity index (χ4n) is 3.84. The van der Waals surface area contributed by atoms with E-state index >= 15 is 0 Å². The van der Waals surface area contributed by atoms with Gasteiger partial charge in [-0.2, -0.15) is 10.2 Å². The molecule has 1 aliphatic heterocycles. The van der Waals surface area contributed by atoms with Gasteiger partial charge in [-0.1, -0.05) is 18.2 Å². The predicted octanol–water partition coefficient (Wildman–Crippen LogP) is 2.45. The summed E-state index contributed by atoms with van der Waals surface area (Å²) in [6.07, 6.45) is 7.06. The highest BCUT2D eigenvalue weighted by atomic mass is 16.7. The predicted molar refractivity (Wildman–Crippen MR) is 133 cm³/mol. The molecule has 1 saturated heterocycles. The van der Waals surface area contributed by atoms with Gasteiger partial charge in [0.15, 0.2) is 5.82 Å². The Bertz CT molecular complexity index is 1410. The fourth-order valence-corrected chi connectivity index (χ4v) is 3.84. The third-order valence-electron chi connectivity index (χ3n) is 6.58. The van der Waals surface area contributed by atoms with Gasteiger partial charge in [0.1, 0.15) is 0 Å². The lowest BCUT2D eigenvalue weighted by Crippen LogP contribution is -2.41. The normalized spacial score (nSPS) is 16.5. The van der Waals surface area contributed by atoms with Crippen molar-refractivity contribution in [2.45, 2.75) is 45.4 Å². The van der Waals surface area contributed by atoms with E-state index in [9.17, 15) is 4.79 Å². The quantitative estimate of drug-likeness (QED) is 0.414. The van der Waals surface area contributed by atoms with Gasteiger partial charge in [-0.25, -0.2) is 14.6 Å². The van der Waals surface area contributed by atoms with Crippen molar-refractivity contribution in [1.82, 2.24) is 29.5 Å². The molecule has 0 atom stereocenters. The largest absolute Gasteiger partial charge is 0.498 e. The second-order valence-electron chi connectivity index (χ2n) is 9.75. The van der Waals surface area contributed by atoms with E-state index in [2.05, 4.69) is 20.2 Å². The van der Waals surface area contributed by atoms with Gasteiger partial charge in [0.25, 0.3) is 5.56 Å². The SMILES string of the molecule is Cn1cc(-c2ccc(=O)n(Cc3cccc(-c4ncc(B5OC(C)(C)C(C)(C)O5)cn4)c3)n2)cn1. The number of benzene rings is 1. The van der Waals surface area contributed by atoms with Crippen LogP contribution in [0.3, 0.4) is 0 Å². The molecular weight excluding hydrogens is 443 g/mol. The lowest BCUT2D eigenvalue weighted by atomic mass is 9.81. The smallest absolute Gasteiger partial charge is 0.399 e. The van der Waals surface area contributed by atoms with Gasteiger partial charge in [-0.3, -0.25) is 9.48 Å². The van der Waals surface area contributed by atoms with Crippen LogP contribution in [-0.4, -0.2) is 47.8 Å². The van der Waals surface area contributed by atoms with Crippen molar-refractivity contribution >= 4 is 12.6 Å². The van der Waals surface area contributed by atoms with Crippen molar-refractivity contribution in [3.05, 3.63) is 77.1 Å². The van der Waals surface area contributed by atoms with E-state index in [0.29, 0.717) is 18.1 Å². The minimum Gasteiger partial charge on any atom is -0.399 e. The van der Waals surface area contributed by atoms with Crippen molar-refractivity contribution in [1.29, 1.82) is 0 Å². The molecule has 9 nitrogen and oxygen atoms in total. The van der Waals surface area contributed by atoms with E-state index in [0.717, 1.165) is 22.2 Å². The van der Waals surface area contributed by atoms with Crippen LogP contribution >= 0.6 is 0 Å². The van der Waals surface area contributed by atoms with Crippen LogP contribution in [0, 0.1) is 0 Å². The van der Waals surface area contributed by atoms with Crippen LogP contribution in [0.2, 0.25) is 0 Å². The lowest BCUT2D eigenvalue weighted by molar-refractivity contribution is 0.00578. The zero-order valence-electron chi connectivity index (χ0n) is 20.5. The van der Waals surface area contributed by atoms with E-state index in [1.807, 2.05) is 65.2 Å². The number of nitrogens with zero attached hydrogens (tertiary/aromatic N) is 6. The third-order valence-corrected chi connectivity index (χ3v) is 6.58. The Morgan fingerprint density at radius 1 is 0.943 bits per heavy atom. The van der Waals surface area contributed by atoms with Crippen LogP contribution in [0.1, 0.15) is 33.3 Å². The Hall–Kier alpha value is -3.63. The zero-order valence-corrected chi connectivity index (χ0v) is 20.5. The van der Waals surface area contributed by atoms with Gasteiger partial charge >= 0.3 is 7.12 Å². The van der Waals surface area contributed by atoms with Crippen LogP contribution in [0.4, 0.5) is 0 Å². The molecule has 10 heteroatoms. The van der Waals surface area contributed by atoms with Crippen molar-refractivity contribution in [2.24, 2.45) is 7.05 Å². The maximum atomic E-state index is 12.5. The first-order chi connectivity index (χ1) is 16.6. The lowest BCUT2D eigenvalue weighted by Gasteiger charge is -2.32. The van der Waals surface area contributed by atoms with E-state index in [1.165, 1.54) is 10.7 Å². The molecule has 4 heterocycles. The molecular formula is C25H27BN6O3. The summed E-state index contributed by atoms with van der Waals surface area (Å²) >= 11 is 0. The summed E-state index contributed by atoms with van der Waals surface area (Å²) in [5.41, 5.74) is 3.05. The van der Waals surface area contributed by atoms with Crippen LogP contribution in [-0.2, 0) is 22.9 Å². The van der Waals surface area contributed by atoms with Gasteiger partial charge in [0, 0.05) is 48.3 Å². The van der Waals surface area contributed by atoms with Crippen LogP contribution in [0.5, 0.6) is 0 Å². The van der Waals surface area contributed by atoms with Crippen molar-refractivity contribution in [2.75, 3.05) is 0 Å². The molecule has 1 fully saturated rings. The van der Waals surface area contributed by atoms with Crippen LogP contribution < -0.4 is 11.0 Å². The molecule has 0 amide bonds. The highest BCUT2D eigenvalue weighted by molar-refractivity contribution is 6.61. The molecule has 3 aromatic heterocycles. The molecule has 35 heavy (non-hydrogen) atoms. The number of hydrogen-bond donors (Lipinski definition) is 0. The molecule has 0 N–H and O–H groups in total. The first-order valence-electron chi connectivity index (χ1n) is 11.5. The molecule has 0 spiro atoms. The Morgan fingerprint density at radius 2 is 1.66 bits per heavy atom. The Kier molecular flexibility index (Phi) is 5.65. The van der Waals surface area contributed by atoms with E-state index in [1.54, 1.807) is 29.3 Å². The van der Waals surface area contributed by atoms with Crippen LogP contribution in [0.15, 0.2) is 66.0 Å². The van der Waals surface area contributed by atoms with E-state index in [-0.39, 0.29) is 5.56 Å². The standard InChI is InChI=1S/C25H27BN6O3/c1-24(2)25(3,4)35-26(34-24)20-13-27-23(28-14-20)18-8-6-7-17(11-18)15-32-22(33)10-9-21(30-32)19-12-29-31(5)16-19/h6-14,16H,15H2,1-5H3. The highest BCUT2D eigenvalue weighted by Crippen LogP contribution is 2.36. The van der Waals surface area contributed by atoms with E-state index in [4.69, 9.17) is 9.31 Å². The molecule has 0 radical (unpaired) electrons. The van der Waals surface area contributed by atoms with Crippen LogP contribution in [0.25, 0.3) is 22.6 Å². The summed E-state index contributed by atoms with van der Waals surface area (Å²) in [5.74, 6) is 0.580. The molecule has 1 aliphatic rings. The number of aromatic nitrogens is 6. The van der Waals surface area contributed by atoms with Crippen molar-refractivity contribution in [3.8, 4) is 22.6 Å². The molecule has 0 bridgehead atoms. The number of rotatable bonds is 5. The van der Waals surface area contributed by atoms with Gasteiger partial charge in [-0.15, -0.1) is 0 Å². The van der Waals surface area contributed by atoms with Gasteiger partial charge < -0.3 is 9.31 Å². The molecule has 4 aromatic rings. The maximum Gasteiger partial charge on any atom is 0.498 e. The maximum absolute atomic E-state index is 12.5. The summed E-state index contributed by atoms with van der Waals surface area (Å²) in [6.45, 7) is 8.38. The molecule has 0 unspecified atom stereocenters. The second kappa shape index (κ2) is 8.55. The highest BCUT2D eigenvalue weighted by Gasteiger charge is 2.51. The molecule has 1 aromatic carbocycles. The zero-order chi connectivity index (χ0) is 24.8. The third kappa shape index (κ3) is 4.54. The summed E-state index contributed by atoms with van der Waals surface area (Å²) in [4.78, 5) is 21.5. The summed E-state index contributed by atoms with van der Waals surface area (Å²) in [5, 5.41) is 8.70. The monoisotopic (exact) mass is 470 g/mol. The first kappa shape index (κ1) is 23.1. The number of hydrogen-bond acceptors (Lipinski definition) is 7. The minimum absolute atomic E-state index is 0.175. The second-order valence-corrected chi connectivity index (χ2v) is 9.75. The van der Waals surface area contributed by atoms with Crippen molar-refractivity contribution in [3.63, 3.8) is 0 Å². The van der Waals surface area contributed by atoms with Gasteiger partial charge in [0.05, 0.1) is 29.6 Å². The summed E-state index contributed by atoms with van der Waals surface area (Å²) < 4.78 is 15.3. The Morgan fingerprint density at radius 3 is 2.31 bits per heavy atom. The minimum atomic E-state index is -0.509. The Labute approximate surface area is 203 Å². The Balaban J connectivity index is 1.36. The van der Waals surface area contributed by atoms with Crippen molar-refractivity contribution < 1.29 is 9.31 Å². The van der Waals surface area contributed by atoms with Gasteiger partial charge in [-0.05, 0) is 45.4 Å². The van der Waals surface area contributed by atoms with E-state index < -0.39 is 18.3 Å².